The van der Waals surface area contributed by atoms with Gasteiger partial charge in [-0.15, -0.1) is 0 Å². The predicted octanol–water partition coefficient (Wildman–Crippen LogP) is 2.47. The number of hydrogen-bond acceptors (Lipinski definition) is 4. The van der Waals surface area contributed by atoms with Crippen molar-refractivity contribution in [1.29, 1.82) is 5.26 Å². The number of hydrogen-bond donors (Lipinski definition) is 2. The van der Waals surface area contributed by atoms with Gasteiger partial charge in [0.15, 0.2) is 0 Å². The Balaban J connectivity index is 2.02. The van der Waals surface area contributed by atoms with Crippen LogP contribution in [0, 0.1) is 30.1 Å². The van der Waals surface area contributed by atoms with Gasteiger partial charge in [-0.05, 0) is 43.2 Å². The number of anilines is 1. The molecule has 1 heterocycles. The van der Waals surface area contributed by atoms with E-state index in [1.54, 1.807) is 6.20 Å². The largest absolute Gasteiger partial charge is 0.396 e. The van der Waals surface area contributed by atoms with Crippen LogP contribution in [0.3, 0.4) is 0 Å². The van der Waals surface area contributed by atoms with Crippen LogP contribution in [0.1, 0.15) is 36.8 Å². The molecule has 1 aliphatic carbocycles. The highest BCUT2D eigenvalue weighted by Gasteiger charge is 2.24. The summed E-state index contributed by atoms with van der Waals surface area (Å²) in [7, 11) is 0. The fourth-order valence-electron chi connectivity index (χ4n) is 2.85. The molecule has 2 atom stereocenters. The van der Waals surface area contributed by atoms with Crippen molar-refractivity contribution in [3.63, 3.8) is 0 Å². The van der Waals surface area contributed by atoms with Crippen molar-refractivity contribution in [2.24, 2.45) is 11.8 Å². The molecule has 4 nitrogen and oxygen atoms in total. The second kappa shape index (κ2) is 6.53. The molecule has 1 fully saturated rings. The first kappa shape index (κ1) is 13.8. The van der Waals surface area contributed by atoms with Gasteiger partial charge < -0.3 is 10.4 Å². The lowest BCUT2D eigenvalue weighted by Crippen LogP contribution is -2.29. The van der Waals surface area contributed by atoms with E-state index in [1.165, 1.54) is 12.8 Å². The molecule has 0 spiro atoms. The van der Waals surface area contributed by atoms with E-state index in [1.807, 2.05) is 13.0 Å². The number of nitriles is 1. The second-order valence-corrected chi connectivity index (χ2v) is 5.33. The molecule has 1 aliphatic rings. The summed E-state index contributed by atoms with van der Waals surface area (Å²) < 4.78 is 0. The standard InChI is InChI=1S/C15H21N3O/c1-11-6-7-17-15(14(11)8-16)18-9-12-4-2-3-5-13(12)10-19/h6-7,12-13,19H,2-5,9-10H2,1H3,(H,17,18). The zero-order chi connectivity index (χ0) is 13.7. The molecule has 102 valence electrons. The van der Waals surface area contributed by atoms with Gasteiger partial charge in [0, 0.05) is 19.3 Å². The molecule has 0 aliphatic heterocycles. The van der Waals surface area contributed by atoms with Crippen LogP contribution < -0.4 is 5.32 Å². The molecule has 1 saturated carbocycles. The van der Waals surface area contributed by atoms with E-state index in [9.17, 15) is 5.11 Å². The van der Waals surface area contributed by atoms with E-state index >= 15 is 0 Å². The van der Waals surface area contributed by atoms with Gasteiger partial charge in [-0.3, -0.25) is 0 Å². The zero-order valence-electron chi connectivity index (χ0n) is 11.4. The minimum absolute atomic E-state index is 0.263. The van der Waals surface area contributed by atoms with Crippen molar-refractivity contribution >= 4 is 5.82 Å². The number of aryl methyl sites for hydroxylation is 1. The Kier molecular flexibility index (Phi) is 4.75. The SMILES string of the molecule is Cc1ccnc(NCC2CCCCC2CO)c1C#N. The third kappa shape index (κ3) is 3.24. The van der Waals surface area contributed by atoms with Gasteiger partial charge in [0.1, 0.15) is 11.9 Å². The van der Waals surface area contributed by atoms with E-state index in [2.05, 4.69) is 16.4 Å². The van der Waals surface area contributed by atoms with Crippen LogP contribution in [0.4, 0.5) is 5.82 Å². The van der Waals surface area contributed by atoms with Crippen molar-refractivity contribution in [2.45, 2.75) is 32.6 Å². The van der Waals surface area contributed by atoms with Gasteiger partial charge in [0.2, 0.25) is 0 Å². The van der Waals surface area contributed by atoms with Crippen molar-refractivity contribution in [2.75, 3.05) is 18.5 Å². The van der Waals surface area contributed by atoms with Crippen LogP contribution in [0.15, 0.2) is 12.3 Å². The van der Waals surface area contributed by atoms with Crippen LogP contribution in [-0.4, -0.2) is 23.2 Å². The van der Waals surface area contributed by atoms with Gasteiger partial charge in [0.25, 0.3) is 0 Å². The minimum atomic E-state index is 0.263. The normalized spacial score (nSPS) is 22.8. The number of nitrogens with one attached hydrogen (secondary N) is 1. The van der Waals surface area contributed by atoms with Gasteiger partial charge in [-0.1, -0.05) is 12.8 Å². The fourth-order valence-corrected chi connectivity index (χ4v) is 2.85. The lowest BCUT2D eigenvalue weighted by Gasteiger charge is -2.30. The van der Waals surface area contributed by atoms with Crippen LogP contribution in [0.2, 0.25) is 0 Å². The summed E-state index contributed by atoms with van der Waals surface area (Å²) in [6.07, 6.45) is 6.42. The molecular formula is C15H21N3O. The van der Waals surface area contributed by atoms with Crippen LogP contribution in [0.25, 0.3) is 0 Å². The molecule has 0 aromatic carbocycles. The molecule has 4 heteroatoms. The smallest absolute Gasteiger partial charge is 0.144 e. The predicted molar refractivity (Wildman–Crippen MR) is 74.7 cm³/mol. The molecule has 2 N–H and O–H groups in total. The molecule has 0 bridgehead atoms. The van der Waals surface area contributed by atoms with Gasteiger partial charge in [0.05, 0.1) is 5.56 Å². The van der Waals surface area contributed by atoms with Crippen molar-refractivity contribution in [3.8, 4) is 6.07 Å². The van der Waals surface area contributed by atoms with E-state index in [0.717, 1.165) is 24.9 Å². The average Bonchev–Trinajstić information content (AvgIpc) is 2.45. The van der Waals surface area contributed by atoms with E-state index in [0.29, 0.717) is 23.2 Å². The van der Waals surface area contributed by atoms with Crippen molar-refractivity contribution < 1.29 is 5.11 Å². The number of nitrogens with zero attached hydrogens (tertiary/aromatic N) is 2. The number of aliphatic hydroxyl groups is 1. The number of aromatic nitrogens is 1. The highest BCUT2D eigenvalue weighted by Crippen LogP contribution is 2.30. The topological polar surface area (TPSA) is 68.9 Å². The van der Waals surface area contributed by atoms with Gasteiger partial charge >= 0.3 is 0 Å². The first-order valence-electron chi connectivity index (χ1n) is 6.96. The Morgan fingerprint density at radius 1 is 1.42 bits per heavy atom. The molecule has 2 unspecified atom stereocenters. The molecule has 19 heavy (non-hydrogen) atoms. The first-order valence-corrected chi connectivity index (χ1v) is 6.96. The summed E-state index contributed by atoms with van der Waals surface area (Å²) in [5.41, 5.74) is 1.57. The third-order valence-corrected chi connectivity index (χ3v) is 4.10. The molecule has 2 rings (SSSR count). The summed E-state index contributed by atoms with van der Waals surface area (Å²) >= 11 is 0. The highest BCUT2D eigenvalue weighted by atomic mass is 16.3. The van der Waals surface area contributed by atoms with E-state index in [-0.39, 0.29) is 6.61 Å². The average molecular weight is 259 g/mol. The van der Waals surface area contributed by atoms with Gasteiger partial charge in [-0.25, -0.2) is 4.98 Å². The molecule has 0 amide bonds. The summed E-state index contributed by atoms with van der Waals surface area (Å²) in [5.74, 6) is 1.54. The molecule has 0 saturated heterocycles. The Labute approximate surface area is 114 Å². The fraction of sp³-hybridized carbons (Fsp3) is 0.600. The maximum atomic E-state index is 9.41. The molecule has 1 aromatic rings. The van der Waals surface area contributed by atoms with Crippen LogP contribution >= 0.6 is 0 Å². The minimum Gasteiger partial charge on any atom is -0.396 e. The summed E-state index contributed by atoms with van der Waals surface area (Å²) in [6.45, 7) is 2.97. The quantitative estimate of drug-likeness (QED) is 0.871. The maximum absolute atomic E-state index is 9.41. The van der Waals surface area contributed by atoms with Crippen LogP contribution in [-0.2, 0) is 0 Å². The Hall–Kier alpha value is -1.60. The van der Waals surface area contributed by atoms with Crippen molar-refractivity contribution in [3.05, 3.63) is 23.4 Å². The maximum Gasteiger partial charge on any atom is 0.144 e. The van der Waals surface area contributed by atoms with Crippen LogP contribution in [0.5, 0.6) is 0 Å². The summed E-state index contributed by atoms with van der Waals surface area (Å²) in [6, 6.07) is 4.05. The lowest BCUT2D eigenvalue weighted by atomic mass is 9.79. The Morgan fingerprint density at radius 2 is 2.16 bits per heavy atom. The zero-order valence-corrected chi connectivity index (χ0v) is 11.4. The first-order chi connectivity index (χ1) is 9.26. The number of rotatable bonds is 4. The Bertz CT molecular complexity index is 467. The lowest BCUT2D eigenvalue weighted by molar-refractivity contribution is 0.141. The number of pyridine rings is 1. The van der Waals surface area contributed by atoms with Crippen molar-refractivity contribution in [1.82, 2.24) is 4.98 Å². The Morgan fingerprint density at radius 3 is 2.84 bits per heavy atom. The molecule has 0 radical (unpaired) electrons. The summed E-state index contributed by atoms with van der Waals surface area (Å²) in [4.78, 5) is 4.25. The van der Waals surface area contributed by atoms with E-state index in [4.69, 9.17) is 5.26 Å². The monoisotopic (exact) mass is 259 g/mol. The summed E-state index contributed by atoms with van der Waals surface area (Å²) in [5, 5.41) is 21.9. The molecule has 1 aromatic heterocycles. The van der Waals surface area contributed by atoms with Gasteiger partial charge in [-0.2, -0.15) is 5.26 Å². The number of aliphatic hydroxyl groups excluding tert-OH is 1. The second-order valence-electron chi connectivity index (χ2n) is 5.33. The highest BCUT2D eigenvalue weighted by molar-refractivity contribution is 5.55. The third-order valence-electron chi connectivity index (χ3n) is 4.10. The molecular weight excluding hydrogens is 238 g/mol. The van der Waals surface area contributed by atoms with E-state index < -0.39 is 0 Å².